The van der Waals surface area contributed by atoms with Crippen LogP contribution >= 0.6 is 0 Å². The number of ether oxygens (including phenoxy) is 1. The number of rotatable bonds is 5. The van der Waals surface area contributed by atoms with Gasteiger partial charge in [-0.3, -0.25) is 9.48 Å². The fraction of sp³-hybridized carbons (Fsp3) is 0.692. The van der Waals surface area contributed by atoms with E-state index in [1.165, 1.54) is 21.1 Å². The minimum absolute atomic E-state index is 0.0866. The van der Waals surface area contributed by atoms with E-state index in [0.29, 0.717) is 6.07 Å². The van der Waals surface area contributed by atoms with Crippen LogP contribution in [0, 0.1) is 5.92 Å². The Bertz CT molecular complexity index is 745. The first-order valence-electron chi connectivity index (χ1n) is 7.32. The lowest BCUT2D eigenvalue weighted by molar-refractivity contribution is -0.141. The van der Waals surface area contributed by atoms with Crippen molar-refractivity contribution in [2.24, 2.45) is 13.0 Å². The Morgan fingerprint density at radius 3 is 2.60 bits per heavy atom. The van der Waals surface area contributed by atoms with Gasteiger partial charge in [0.15, 0.2) is 5.69 Å². The Kier molecular flexibility index (Phi) is 5.44. The summed E-state index contributed by atoms with van der Waals surface area (Å²) in [7, 11) is 0.515. The summed E-state index contributed by atoms with van der Waals surface area (Å²) in [5.74, 6) is -1.50. The lowest BCUT2D eigenvalue weighted by atomic mass is 10.1. The molecule has 1 saturated heterocycles. The first-order chi connectivity index (χ1) is 11.4. The van der Waals surface area contributed by atoms with Crippen LogP contribution in [0.25, 0.3) is 0 Å². The van der Waals surface area contributed by atoms with Gasteiger partial charge in [0, 0.05) is 33.1 Å². The van der Waals surface area contributed by atoms with Crippen LogP contribution in [0.4, 0.5) is 13.2 Å². The SMILES string of the molecule is CN(C)S(=O)(=O)C[C@@H]1COC[C@H]1NC(=O)c1cc(C(F)(F)F)nn1C. The number of hydrogen-bond acceptors (Lipinski definition) is 5. The third kappa shape index (κ3) is 4.50. The molecule has 0 bridgehead atoms. The Hall–Kier alpha value is -1.66. The van der Waals surface area contributed by atoms with Crippen LogP contribution < -0.4 is 5.32 Å². The first-order valence-corrected chi connectivity index (χ1v) is 8.93. The topological polar surface area (TPSA) is 93.5 Å². The van der Waals surface area contributed by atoms with Crippen molar-refractivity contribution in [2.75, 3.05) is 33.1 Å². The quantitative estimate of drug-likeness (QED) is 0.776. The third-order valence-electron chi connectivity index (χ3n) is 3.90. The maximum absolute atomic E-state index is 12.7. The van der Waals surface area contributed by atoms with E-state index in [-0.39, 0.29) is 24.7 Å². The first kappa shape index (κ1) is 19.7. The molecule has 1 aliphatic heterocycles. The molecule has 0 radical (unpaired) electrons. The molecule has 0 saturated carbocycles. The number of amides is 1. The van der Waals surface area contributed by atoms with Gasteiger partial charge in [0.25, 0.3) is 5.91 Å². The number of nitrogens with one attached hydrogen (secondary N) is 1. The molecule has 0 unspecified atom stereocenters. The molecule has 2 atom stereocenters. The van der Waals surface area contributed by atoms with Gasteiger partial charge >= 0.3 is 6.18 Å². The number of aromatic nitrogens is 2. The van der Waals surface area contributed by atoms with Crippen molar-refractivity contribution in [1.29, 1.82) is 0 Å². The van der Waals surface area contributed by atoms with Gasteiger partial charge in [-0.25, -0.2) is 12.7 Å². The van der Waals surface area contributed by atoms with Crippen LogP contribution in [0.2, 0.25) is 0 Å². The van der Waals surface area contributed by atoms with E-state index in [2.05, 4.69) is 10.4 Å². The number of nitrogens with zero attached hydrogens (tertiary/aromatic N) is 3. The van der Waals surface area contributed by atoms with E-state index in [1.807, 2.05) is 0 Å². The van der Waals surface area contributed by atoms with Crippen LogP contribution in [0.15, 0.2) is 6.07 Å². The van der Waals surface area contributed by atoms with Crippen molar-refractivity contribution in [3.63, 3.8) is 0 Å². The number of carbonyl (C=O) groups excluding carboxylic acids is 1. The predicted octanol–water partition coefficient (Wildman–Crippen LogP) is 0.0751. The van der Waals surface area contributed by atoms with Gasteiger partial charge in [-0.2, -0.15) is 18.3 Å². The van der Waals surface area contributed by atoms with Crippen LogP contribution in [0.3, 0.4) is 0 Å². The molecule has 0 aromatic carbocycles. The Balaban J connectivity index is 2.11. The van der Waals surface area contributed by atoms with Gasteiger partial charge in [0.2, 0.25) is 10.0 Å². The van der Waals surface area contributed by atoms with Crippen molar-refractivity contribution in [3.8, 4) is 0 Å². The molecule has 0 aliphatic carbocycles. The molecule has 1 aromatic rings. The monoisotopic (exact) mass is 384 g/mol. The summed E-state index contributed by atoms with van der Waals surface area (Å²) < 4.78 is 69.1. The van der Waals surface area contributed by atoms with Gasteiger partial charge in [-0.15, -0.1) is 0 Å². The van der Waals surface area contributed by atoms with E-state index < -0.39 is 39.8 Å². The summed E-state index contributed by atoms with van der Waals surface area (Å²) in [6, 6.07) is 0.0305. The fourth-order valence-electron chi connectivity index (χ4n) is 2.40. The summed E-state index contributed by atoms with van der Waals surface area (Å²) in [5.41, 5.74) is -1.44. The number of aryl methyl sites for hydroxylation is 1. The highest BCUT2D eigenvalue weighted by Crippen LogP contribution is 2.28. The number of carbonyl (C=O) groups is 1. The standard InChI is InChI=1S/C13H19F3N4O4S/c1-19(2)25(22,23)7-8-5-24-6-9(8)17-12(21)10-4-11(13(14,15)16)18-20(10)3/h4,8-9H,5-7H2,1-3H3,(H,17,21)/t8-,9+/m0/s1. The zero-order valence-electron chi connectivity index (χ0n) is 13.9. The van der Waals surface area contributed by atoms with Crippen molar-refractivity contribution < 1.29 is 31.1 Å². The van der Waals surface area contributed by atoms with Crippen LogP contribution in [-0.4, -0.2) is 67.5 Å². The molecule has 1 N–H and O–H groups in total. The van der Waals surface area contributed by atoms with Crippen LogP contribution in [0.5, 0.6) is 0 Å². The minimum atomic E-state index is -4.66. The van der Waals surface area contributed by atoms with E-state index in [1.54, 1.807) is 0 Å². The summed E-state index contributed by atoms with van der Waals surface area (Å²) in [6.07, 6.45) is -4.66. The molecular weight excluding hydrogens is 365 g/mol. The summed E-state index contributed by atoms with van der Waals surface area (Å²) in [6.45, 7) is 0.223. The lowest BCUT2D eigenvalue weighted by Crippen LogP contribution is -2.44. The zero-order valence-corrected chi connectivity index (χ0v) is 14.7. The highest BCUT2D eigenvalue weighted by atomic mass is 32.2. The Morgan fingerprint density at radius 2 is 2.08 bits per heavy atom. The molecule has 12 heteroatoms. The molecular formula is C13H19F3N4O4S. The van der Waals surface area contributed by atoms with E-state index >= 15 is 0 Å². The third-order valence-corrected chi connectivity index (χ3v) is 5.86. The summed E-state index contributed by atoms with van der Waals surface area (Å²) in [5, 5.41) is 5.81. The fourth-order valence-corrected chi connectivity index (χ4v) is 3.57. The second-order valence-corrected chi connectivity index (χ2v) is 8.20. The second kappa shape index (κ2) is 6.92. The summed E-state index contributed by atoms with van der Waals surface area (Å²) >= 11 is 0. The number of alkyl halides is 3. The van der Waals surface area contributed by atoms with Crippen LogP contribution in [-0.2, 0) is 28.0 Å². The van der Waals surface area contributed by atoms with Crippen molar-refractivity contribution >= 4 is 15.9 Å². The molecule has 25 heavy (non-hydrogen) atoms. The van der Waals surface area contributed by atoms with E-state index in [4.69, 9.17) is 4.74 Å². The molecule has 2 heterocycles. The largest absolute Gasteiger partial charge is 0.435 e. The highest BCUT2D eigenvalue weighted by Gasteiger charge is 2.37. The van der Waals surface area contributed by atoms with Crippen LogP contribution in [0.1, 0.15) is 16.2 Å². The predicted molar refractivity (Wildman–Crippen MR) is 81.2 cm³/mol. The minimum Gasteiger partial charge on any atom is -0.379 e. The normalized spacial score (nSPS) is 21.7. The van der Waals surface area contributed by atoms with E-state index in [9.17, 15) is 26.4 Å². The van der Waals surface area contributed by atoms with Gasteiger partial charge < -0.3 is 10.1 Å². The Morgan fingerprint density at radius 1 is 1.44 bits per heavy atom. The highest BCUT2D eigenvalue weighted by molar-refractivity contribution is 7.89. The molecule has 0 spiro atoms. The molecule has 1 amide bonds. The number of halogens is 3. The summed E-state index contributed by atoms with van der Waals surface area (Å²) in [4.78, 5) is 12.3. The average Bonchev–Trinajstić information content (AvgIpc) is 3.05. The molecule has 1 aromatic heterocycles. The lowest BCUT2D eigenvalue weighted by Gasteiger charge is -2.21. The van der Waals surface area contributed by atoms with Crippen molar-refractivity contribution in [3.05, 3.63) is 17.5 Å². The molecule has 142 valence electrons. The van der Waals surface area contributed by atoms with Gasteiger partial charge in [-0.1, -0.05) is 0 Å². The average molecular weight is 384 g/mol. The van der Waals surface area contributed by atoms with Gasteiger partial charge in [0.05, 0.1) is 25.0 Å². The zero-order chi connectivity index (χ0) is 19.0. The Labute approximate surface area is 143 Å². The van der Waals surface area contributed by atoms with E-state index in [0.717, 1.165) is 8.99 Å². The maximum atomic E-state index is 12.7. The molecule has 1 fully saturated rings. The van der Waals surface area contributed by atoms with Crippen molar-refractivity contribution in [2.45, 2.75) is 12.2 Å². The molecule has 2 rings (SSSR count). The van der Waals surface area contributed by atoms with Crippen molar-refractivity contribution in [1.82, 2.24) is 19.4 Å². The second-order valence-electron chi connectivity index (χ2n) is 5.97. The molecule has 1 aliphatic rings. The maximum Gasteiger partial charge on any atom is 0.435 e. The van der Waals surface area contributed by atoms with Gasteiger partial charge in [-0.05, 0) is 0 Å². The smallest absolute Gasteiger partial charge is 0.379 e. The number of sulfonamides is 1. The number of hydrogen-bond donors (Lipinski definition) is 1. The van der Waals surface area contributed by atoms with Gasteiger partial charge in [0.1, 0.15) is 5.69 Å². The molecule has 8 nitrogen and oxygen atoms in total.